The van der Waals surface area contributed by atoms with Gasteiger partial charge >= 0.3 is 0 Å². The van der Waals surface area contributed by atoms with Crippen molar-refractivity contribution >= 4 is 0 Å². The molecule has 2 aromatic heterocycles. The van der Waals surface area contributed by atoms with Gasteiger partial charge in [0, 0.05) is 37.9 Å². The van der Waals surface area contributed by atoms with E-state index in [-0.39, 0.29) is 0 Å². The third-order valence-corrected chi connectivity index (χ3v) is 3.20. The van der Waals surface area contributed by atoms with Crippen molar-refractivity contribution in [1.82, 2.24) is 24.9 Å². The maximum absolute atomic E-state index is 4.51. The van der Waals surface area contributed by atoms with Crippen LogP contribution in [0.5, 0.6) is 0 Å². The molecule has 0 aliphatic rings. The number of aryl methyl sites for hydroxylation is 3. The maximum atomic E-state index is 4.51. The number of nitrogens with zero attached hydrogens (tertiary/aromatic N) is 4. The zero-order chi connectivity index (χ0) is 14.4. The normalized spacial score (nSPS) is 11.2. The molecule has 5 heteroatoms. The SMILES string of the molecule is CCCn1cc(CNCc2cc(C)nn2CCC)cn1. The summed E-state index contributed by atoms with van der Waals surface area (Å²) in [4.78, 5) is 0. The Kier molecular flexibility index (Phi) is 5.35. The molecule has 0 atom stereocenters. The molecule has 0 unspecified atom stereocenters. The monoisotopic (exact) mass is 275 g/mol. The van der Waals surface area contributed by atoms with Gasteiger partial charge in [-0.25, -0.2) is 0 Å². The molecule has 0 aromatic carbocycles. The highest BCUT2D eigenvalue weighted by Crippen LogP contribution is 2.05. The first kappa shape index (κ1) is 14.8. The first-order chi connectivity index (χ1) is 9.72. The van der Waals surface area contributed by atoms with Crippen LogP contribution in [0.4, 0.5) is 0 Å². The van der Waals surface area contributed by atoms with Gasteiger partial charge in [0.2, 0.25) is 0 Å². The van der Waals surface area contributed by atoms with E-state index in [9.17, 15) is 0 Å². The molecule has 0 bridgehead atoms. The summed E-state index contributed by atoms with van der Waals surface area (Å²) in [6, 6.07) is 2.16. The topological polar surface area (TPSA) is 47.7 Å². The Morgan fingerprint density at radius 3 is 2.70 bits per heavy atom. The molecule has 1 N–H and O–H groups in total. The third kappa shape index (κ3) is 3.93. The van der Waals surface area contributed by atoms with Gasteiger partial charge < -0.3 is 5.32 Å². The first-order valence-electron chi connectivity index (χ1n) is 7.48. The largest absolute Gasteiger partial charge is 0.307 e. The van der Waals surface area contributed by atoms with Crippen LogP contribution in [0.1, 0.15) is 43.6 Å². The predicted molar refractivity (Wildman–Crippen MR) is 80.3 cm³/mol. The number of nitrogens with one attached hydrogen (secondary N) is 1. The zero-order valence-electron chi connectivity index (χ0n) is 12.8. The van der Waals surface area contributed by atoms with Gasteiger partial charge in [-0.15, -0.1) is 0 Å². The van der Waals surface area contributed by atoms with E-state index in [2.05, 4.69) is 46.3 Å². The summed E-state index contributed by atoms with van der Waals surface area (Å²) in [5.74, 6) is 0. The van der Waals surface area contributed by atoms with Crippen molar-refractivity contribution in [2.45, 2.75) is 59.8 Å². The molecule has 2 heterocycles. The highest BCUT2D eigenvalue weighted by molar-refractivity contribution is 5.09. The van der Waals surface area contributed by atoms with Crippen molar-refractivity contribution in [3.63, 3.8) is 0 Å². The summed E-state index contributed by atoms with van der Waals surface area (Å²) in [5, 5.41) is 12.3. The molecular formula is C15H25N5. The highest BCUT2D eigenvalue weighted by atomic mass is 15.3. The van der Waals surface area contributed by atoms with Gasteiger partial charge in [0.25, 0.3) is 0 Å². The molecule has 0 amide bonds. The van der Waals surface area contributed by atoms with E-state index < -0.39 is 0 Å². The maximum Gasteiger partial charge on any atom is 0.0597 e. The summed E-state index contributed by atoms with van der Waals surface area (Å²) in [7, 11) is 0. The molecule has 0 aliphatic carbocycles. The molecule has 110 valence electrons. The molecule has 0 aliphatic heterocycles. The van der Waals surface area contributed by atoms with Crippen molar-refractivity contribution in [3.05, 3.63) is 35.4 Å². The van der Waals surface area contributed by atoms with Crippen molar-refractivity contribution in [1.29, 1.82) is 0 Å². The van der Waals surface area contributed by atoms with Crippen LogP contribution in [-0.2, 0) is 26.2 Å². The lowest BCUT2D eigenvalue weighted by Crippen LogP contribution is -2.16. The van der Waals surface area contributed by atoms with Crippen LogP contribution in [0.2, 0.25) is 0 Å². The highest BCUT2D eigenvalue weighted by Gasteiger charge is 2.05. The van der Waals surface area contributed by atoms with Crippen LogP contribution in [0.15, 0.2) is 18.5 Å². The summed E-state index contributed by atoms with van der Waals surface area (Å²) < 4.78 is 4.10. The quantitative estimate of drug-likeness (QED) is 0.805. The smallest absolute Gasteiger partial charge is 0.0597 e. The van der Waals surface area contributed by atoms with E-state index in [0.29, 0.717) is 0 Å². The lowest BCUT2D eigenvalue weighted by atomic mass is 10.3. The molecule has 0 saturated heterocycles. The minimum absolute atomic E-state index is 0.847. The average molecular weight is 275 g/mol. The van der Waals surface area contributed by atoms with Crippen LogP contribution in [0.3, 0.4) is 0 Å². The molecular weight excluding hydrogens is 250 g/mol. The molecule has 2 rings (SSSR count). The van der Waals surface area contributed by atoms with Gasteiger partial charge in [0.1, 0.15) is 0 Å². The number of rotatable bonds is 8. The molecule has 0 saturated carbocycles. The summed E-state index contributed by atoms with van der Waals surface area (Å²) in [6.45, 7) is 10.1. The number of aromatic nitrogens is 4. The van der Waals surface area contributed by atoms with Gasteiger partial charge in [-0.1, -0.05) is 13.8 Å². The summed E-state index contributed by atoms with van der Waals surface area (Å²) in [6.07, 6.45) is 6.28. The molecule has 5 nitrogen and oxygen atoms in total. The fourth-order valence-electron chi connectivity index (χ4n) is 2.33. The summed E-state index contributed by atoms with van der Waals surface area (Å²) >= 11 is 0. The van der Waals surface area contributed by atoms with E-state index in [0.717, 1.165) is 44.7 Å². The van der Waals surface area contributed by atoms with E-state index in [1.54, 1.807) is 0 Å². The molecule has 0 spiro atoms. The Hall–Kier alpha value is -1.62. The van der Waals surface area contributed by atoms with E-state index >= 15 is 0 Å². The first-order valence-corrected chi connectivity index (χ1v) is 7.48. The second kappa shape index (κ2) is 7.24. The van der Waals surface area contributed by atoms with Gasteiger partial charge in [-0.2, -0.15) is 10.2 Å². The van der Waals surface area contributed by atoms with E-state index in [4.69, 9.17) is 0 Å². The van der Waals surface area contributed by atoms with Crippen LogP contribution in [0, 0.1) is 6.92 Å². The van der Waals surface area contributed by atoms with Gasteiger partial charge in [0.05, 0.1) is 17.6 Å². The Bertz CT molecular complexity index is 526. The average Bonchev–Trinajstić information content (AvgIpc) is 2.98. The lowest BCUT2D eigenvalue weighted by molar-refractivity contribution is 0.547. The van der Waals surface area contributed by atoms with Crippen molar-refractivity contribution in [3.8, 4) is 0 Å². The predicted octanol–water partition coefficient (Wildman–Crippen LogP) is 2.50. The second-order valence-electron chi connectivity index (χ2n) is 5.22. The zero-order valence-corrected chi connectivity index (χ0v) is 12.8. The Labute approximate surface area is 121 Å². The van der Waals surface area contributed by atoms with Crippen molar-refractivity contribution < 1.29 is 0 Å². The summed E-state index contributed by atoms with van der Waals surface area (Å²) in [5.41, 5.74) is 3.58. The van der Waals surface area contributed by atoms with Gasteiger partial charge in [0.15, 0.2) is 0 Å². The van der Waals surface area contributed by atoms with Crippen molar-refractivity contribution in [2.24, 2.45) is 0 Å². The lowest BCUT2D eigenvalue weighted by Gasteiger charge is -2.06. The Morgan fingerprint density at radius 2 is 1.95 bits per heavy atom. The minimum Gasteiger partial charge on any atom is -0.307 e. The van der Waals surface area contributed by atoms with Gasteiger partial charge in [-0.05, 0) is 25.8 Å². The Balaban J connectivity index is 1.85. The van der Waals surface area contributed by atoms with E-state index in [1.165, 1.54) is 11.3 Å². The van der Waals surface area contributed by atoms with Crippen LogP contribution in [-0.4, -0.2) is 19.6 Å². The standard InChI is InChI=1S/C15H25N5/c1-4-6-19-12-14(10-17-19)9-16-11-15-8-13(3)18-20(15)7-5-2/h8,10,12,16H,4-7,9,11H2,1-3H3. The minimum atomic E-state index is 0.847. The molecule has 0 fully saturated rings. The third-order valence-electron chi connectivity index (χ3n) is 3.20. The fraction of sp³-hybridized carbons (Fsp3) is 0.600. The number of hydrogen-bond acceptors (Lipinski definition) is 3. The van der Waals surface area contributed by atoms with Crippen LogP contribution < -0.4 is 5.32 Å². The molecule has 2 aromatic rings. The van der Waals surface area contributed by atoms with Crippen LogP contribution in [0.25, 0.3) is 0 Å². The Morgan fingerprint density at radius 1 is 1.15 bits per heavy atom. The number of hydrogen-bond donors (Lipinski definition) is 1. The molecule has 20 heavy (non-hydrogen) atoms. The van der Waals surface area contributed by atoms with Crippen molar-refractivity contribution in [2.75, 3.05) is 0 Å². The molecule has 0 radical (unpaired) electrons. The van der Waals surface area contributed by atoms with Gasteiger partial charge in [-0.3, -0.25) is 9.36 Å². The van der Waals surface area contributed by atoms with Crippen LogP contribution >= 0.6 is 0 Å². The van der Waals surface area contributed by atoms with E-state index in [1.807, 2.05) is 17.8 Å². The fourth-order valence-corrected chi connectivity index (χ4v) is 2.33. The second-order valence-corrected chi connectivity index (χ2v) is 5.22.